The SMILES string of the molecule is N#Cc1ccc(NC(=O)CN2CCNCC2)c(Cl)c1. The van der Waals surface area contributed by atoms with Crippen molar-refractivity contribution in [3.05, 3.63) is 28.8 Å². The summed E-state index contributed by atoms with van der Waals surface area (Å²) in [6.45, 7) is 3.91. The van der Waals surface area contributed by atoms with Gasteiger partial charge in [0.2, 0.25) is 5.91 Å². The summed E-state index contributed by atoms with van der Waals surface area (Å²) in [5, 5.41) is 15.1. The topological polar surface area (TPSA) is 68.2 Å². The summed E-state index contributed by atoms with van der Waals surface area (Å²) in [6.07, 6.45) is 0. The number of hydrogen-bond acceptors (Lipinski definition) is 4. The van der Waals surface area contributed by atoms with Crippen molar-refractivity contribution >= 4 is 23.2 Å². The molecule has 0 radical (unpaired) electrons. The van der Waals surface area contributed by atoms with E-state index in [1.54, 1.807) is 18.2 Å². The molecule has 0 saturated carbocycles. The second-order valence-corrected chi connectivity index (χ2v) is 4.79. The normalized spacial score (nSPS) is 15.8. The number of amides is 1. The minimum atomic E-state index is -0.0893. The molecule has 2 N–H and O–H groups in total. The average molecular weight is 279 g/mol. The highest BCUT2D eigenvalue weighted by Crippen LogP contribution is 2.22. The number of nitrogens with one attached hydrogen (secondary N) is 2. The Hall–Kier alpha value is -1.61. The molecule has 1 aliphatic heterocycles. The number of carbonyl (C=O) groups excluding carboxylic acids is 1. The first-order valence-electron chi connectivity index (χ1n) is 6.11. The third-order valence-electron chi connectivity index (χ3n) is 2.95. The zero-order valence-corrected chi connectivity index (χ0v) is 11.2. The molecule has 1 fully saturated rings. The van der Waals surface area contributed by atoms with Crippen molar-refractivity contribution in [2.24, 2.45) is 0 Å². The maximum absolute atomic E-state index is 11.9. The highest BCUT2D eigenvalue weighted by Gasteiger charge is 2.14. The van der Waals surface area contributed by atoms with E-state index < -0.39 is 0 Å². The van der Waals surface area contributed by atoms with Gasteiger partial charge >= 0.3 is 0 Å². The molecular formula is C13H15ClN4O. The van der Waals surface area contributed by atoms with Crippen LogP contribution in [-0.2, 0) is 4.79 Å². The molecule has 1 saturated heterocycles. The van der Waals surface area contributed by atoms with Gasteiger partial charge in [-0.1, -0.05) is 11.6 Å². The molecule has 5 nitrogen and oxygen atoms in total. The number of nitrogens with zero attached hydrogens (tertiary/aromatic N) is 2. The van der Waals surface area contributed by atoms with Crippen molar-refractivity contribution in [3.8, 4) is 6.07 Å². The smallest absolute Gasteiger partial charge is 0.238 e. The molecule has 6 heteroatoms. The highest BCUT2D eigenvalue weighted by atomic mass is 35.5. The van der Waals surface area contributed by atoms with Crippen molar-refractivity contribution < 1.29 is 4.79 Å². The predicted octanol–water partition coefficient (Wildman–Crippen LogP) is 1.06. The van der Waals surface area contributed by atoms with Crippen LogP contribution in [0.5, 0.6) is 0 Å². The van der Waals surface area contributed by atoms with E-state index in [0.717, 1.165) is 26.2 Å². The first kappa shape index (κ1) is 13.8. The fourth-order valence-electron chi connectivity index (χ4n) is 1.95. The second kappa shape index (κ2) is 6.53. The van der Waals surface area contributed by atoms with Gasteiger partial charge in [-0.05, 0) is 18.2 Å². The summed E-state index contributed by atoms with van der Waals surface area (Å²) < 4.78 is 0. The van der Waals surface area contributed by atoms with Gasteiger partial charge in [0.1, 0.15) is 0 Å². The maximum Gasteiger partial charge on any atom is 0.238 e. The lowest BCUT2D eigenvalue weighted by atomic mass is 10.2. The average Bonchev–Trinajstić information content (AvgIpc) is 2.42. The van der Waals surface area contributed by atoms with Crippen LogP contribution in [0.15, 0.2) is 18.2 Å². The van der Waals surface area contributed by atoms with Gasteiger partial charge in [0.25, 0.3) is 0 Å². The van der Waals surface area contributed by atoms with E-state index in [9.17, 15) is 4.79 Å². The Morgan fingerprint density at radius 1 is 1.47 bits per heavy atom. The summed E-state index contributed by atoms with van der Waals surface area (Å²) in [5.41, 5.74) is 1.02. The minimum Gasteiger partial charge on any atom is -0.324 e. The molecule has 0 bridgehead atoms. The maximum atomic E-state index is 11.9. The Kier molecular flexibility index (Phi) is 4.74. The molecule has 1 aromatic rings. The number of benzene rings is 1. The van der Waals surface area contributed by atoms with Crippen molar-refractivity contribution in [3.63, 3.8) is 0 Å². The van der Waals surface area contributed by atoms with Gasteiger partial charge in [0, 0.05) is 26.2 Å². The van der Waals surface area contributed by atoms with Crippen LogP contribution < -0.4 is 10.6 Å². The lowest BCUT2D eigenvalue weighted by molar-refractivity contribution is -0.117. The second-order valence-electron chi connectivity index (χ2n) is 4.38. The zero-order chi connectivity index (χ0) is 13.7. The Balaban J connectivity index is 1.93. The van der Waals surface area contributed by atoms with Gasteiger partial charge in [-0.2, -0.15) is 5.26 Å². The van der Waals surface area contributed by atoms with Crippen LogP contribution in [-0.4, -0.2) is 43.5 Å². The lowest BCUT2D eigenvalue weighted by Gasteiger charge is -2.26. The first-order chi connectivity index (χ1) is 9.19. The van der Waals surface area contributed by atoms with Crippen LogP contribution in [0.3, 0.4) is 0 Å². The molecule has 0 aliphatic carbocycles. The number of anilines is 1. The van der Waals surface area contributed by atoms with Crippen LogP contribution in [0, 0.1) is 11.3 Å². The molecule has 0 unspecified atom stereocenters. The molecular weight excluding hydrogens is 264 g/mol. The fourth-order valence-corrected chi connectivity index (χ4v) is 2.18. The summed E-state index contributed by atoms with van der Waals surface area (Å²) in [4.78, 5) is 14.0. The summed E-state index contributed by atoms with van der Waals surface area (Å²) in [6, 6.07) is 6.83. The molecule has 0 atom stereocenters. The number of rotatable bonds is 3. The van der Waals surface area contributed by atoms with E-state index >= 15 is 0 Å². The first-order valence-corrected chi connectivity index (χ1v) is 6.49. The van der Waals surface area contributed by atoms with Crippen LogP contribution in [0.25, 0.3) is 0 Å². The van der Waals surface area contributed by atoms with E-state index in [2.05, 4.69) is 15.5 Å². The fraction of sp³-hybridized carbons (Fsp3) is 0.385. The number of nitriles is 1. The van der Waals surface area contributed by atoms with Crippen LogP contribution >= 0.6 is 11.6 Å². The Morgan fingerprint density at radius 3 is 2.84 bits per heavy atom. The van der Waals surface area contributed by atoms with Crippen LogP contribution in [0.2, 0.25) is 5.02 Å². The monoisotopic (exact) mass is 278 g/mol. The molecule has 0 spiro atoms. The van der Waals surface area contributed by atoms with Crippen LogP contribution in [0.1, 0.15) is 5.56 Å². The van der Waals surface area contributed by atoms with Crippen molar-refractivity contribution in [2.75, 3.05) is 38.0 Å². The number of piperazine rings is 1. The Bertz CT molecular complexity index is 506. The molecule has 1 heterocycles. The van der Waals surface area contributed by atoms with E-state index in [1.807, 2.05) is 6.07 Å². The van der Waals surface area contributed by atoms with Gasteiger partial charge < -0.3 is 10.6 Å². The quantitative estimate of drug-likeness (QED) is 0.867. The summed E-state index contributed by atoms with van der Waals surface area (Å²) >= 11 is 6.01. The van der Waals surface area contributed by atoms with E-state index in [-0.39, 0.29) is 5.91 Å². The third-order valence-corrected chi connectivity index (χ3v) is 3.26. The lowest BCUT2D eigenvalue weighted by Crippen LogP contribution is -2.46. The van der Waals surface area contributed by atoms with Crippen molar-refractivity contribution in [1.82, 2.24) is 10.2 Å². The minimum absolute atomic E-state index is 0.0893. The molecule has 100 valence electrons. The molecule has 2 rings (SSSR count). The third kappa shape index (κ3) is 3.93. The van der Waals surface area contributed by atoms with E-state index in [1.165, 1.54) is 0 Å². The van der Waals surface area contributed by atoms with Gasteiger partial charge in [-0.3, -0.25) is 9.69 Å². The Morgan fingerprint density at radius 2 is 2.21 bits per heavy atom. The number of hydrogen-bond donors (Lipinski definition) is 2. The number of carbonyl (C=O) groups is 1. The number of halogens is 1. The molecule has 0 aromatic heterocycles. The Labute approximate surface area is 117 Å². The highest BCUT2D eigenvalue weighted by molar-refractivity contribution is 6.33. The largest absolute Gasteiger partial charge is 0.324 e. The van der Waals surface area contributed by atoms with Gasteiger partial charge in [-0.15, -0.1) is 0 Å². The molecule has 1 aromatic carbocycles. The van der Waals surface area contributed by atoms with Gasteiger partial charge in [-0.25, -0.2) is 0 Å². The standard InChI is InChI=1S/C13H15ClN4O/c14-11-7-10(8-15)1-2-12(11)17-13(19)9-18-5-3-16-4-6-18/h1-2,7,16H,3-6,9H2,(H,17,19). The van der Waals surface area contributed by atoms with Crippen molar-refractivity contribution in [2.45, 2.75) is 0 Å². The van der Waals surface area contributed by atoms with E-state index in [4.69, 9.17) is 16.9 Å². The van der Waals surface area contributed by atoms with Crippen LogP contribution in [0.4, 0.5) is 5.69 Å². The van der Waals surface area contributed by atoms with Gasteiger partial charge in [0.05, 0.1) is 28.9 Å². The van der Waals surface area contributed by atoms with Gasteiger partial charge in [0.15, 0.2) is 0 Å². The predicted molar refractivity (Wildman–Crippen MR) is 74.1 cm³/mol. The van der Waals surface area contributed by atoms with E-state index in [0.29, 0.717) is 22.8 Å². The molecule has 1 aliphatic rings. The summed E-state index contributed by atoms with van der Waals surface area (Å²) in [7, 11) is 0. The van der Waals surface area contributed by atoms with Crippen molar-refractivity contribution in [1.29, 1.82) is 5.26 Å². The molecule has 19 heavy (non-hydrogen) atoms. The molecule has 1 amide bonds. The summed E-state index contributed by atoms with van der Waals surface area (Å²) in [5.74, 6) is -0.0893. The zero-order valence-electron chi connectivity index (χ0n) is 10.4.